The Bertz CT molecular complexity index is 947. The molecular formula is C19H23N5O2S. The lowest BCUT2D eigenvalue weighted by atomic mass is 10.2. The number of nitrogens with zero attached hydrogens (tertiary/aromatic N) is 3. The third-order valence-corrected chi connectivity index (χ3v) is 5.03. The fourth-order valence-electron chi connectivity index (χ4n) is 2.85. The van der Waals surface area contributed by atoms with E-state index in [1.165, 1.54) is 11.3 Å². The molecule has 3 heterocycles. The summed E-state index contributed by atoms with van der Waals surface area (Å²) in [5, 5.41) is 8.30. The van der Waals surface area contributed by atoms with Crippen molar-refractivity contribution in [3.63, 3.8) is 0 Å². The summed E-state index contributed by atoms with van der Waals surface area (Å²) in [4.78, 5) is 32.9. The maximum Gasteiger partial charge on any atom is 0.270 e. The van der Waals surface area contributed by atoms with Gasteiger partial charge in [-0.2, -0.15) is 0 Å². The molecule has 0 aliphatic rings. The average molecular weight is 385 g/mol. The van der Waals surface area contributed by atoms with Crippen LogP contribution in [-0.4, -0.2) is 32.7 Å². The van der Waals surface area contributed by atoms with E-state index in [-0.39, 0.29) is 11.8 Å². The van der Waals surface area contributed by atoms with Gasteiger partial charge in [-0.1, -0.05) is 12.5 Å². The highest BCUT2D eigenvalue weighted by Crippen LogP contribution is 2.15. The van der Waals surface area contributed by atoms with Gasteiger partial charge >= 0.3 is 0 Å². The van der Waals surface area contributed by atoms with Crippen molar-refractivity contribution in [3.8, 4) is 0 Å². The molecule has 0 aliphatic heterocycles. The van der Waals surface area contributed by atoms with Crippen LogP contribution < -0.4 is 10.6 Å². The summed E-state index contributed by atoms with van der Waals surface area (Å²) in [7, 11) is 0. The summed E-state index contributed by atoms with van der Waals surface area (Å²) in [5.74, 6) is -0.141. The maximum atomic E-state index is 12.4. The number of unbranched alkanes of at least 4 members (excludes halogenated alkanes) is 2. The van der Waals surface area contributed by atoms with Crippen molar-refractivity contribution >= 4 is 33.9 Å². The molecule has 0 aromatic carbocycles. The van der Waals surface area contributed by atoms with Gasteiger partial charge in [0, 0.05) is 24.5 Å². The van der Waals surface area contributed by atoms with Crippen molar-refractivity contribution in [3.05, 3.63) is 46.9 Å². The predicted octanol–water partition coefficient (Wildman–Crippen LogP) is 3.34. The van der Waals surface area contributed by atoms with Crippen LogP contribution in [0.3, 0.4) is 0 Å². The number of anilines is 1. The van der Waals surface area contributed by atoms with Gasteiger partial charge in [0.1, 0.15) is 11.3 Å². The largest absolute Gasteiger partial charge is 0.351 e. The monoisotopic (exact) mass is 385 g/mol. The van der Waals surface area contributed by atoms with Crippen LogP contribution in [0.2, 0.25) is 0 Å². The number of amides is 2. The Morgan fingerprint density at radius 3 is 2.78 bits per heavy atom. The number of aromatic nitrogens is 3. The van der Waals surface area contributed by atoms with Gasteiger partial charge in [-0.05, 0) is 38.8 Å². The molecule has 2 N–H and O–H groups in total. The molecule has 142 valence electrons. The standard InChI is InChI=1S/C19H23N5O2S/c1-13-12-27-19(21-13)23-16(25)9-4-3-6-10-20-18(26)17-14(2)22-15-8-5-7-11-24(15)17/h5,7-8,11-12H,3-4,6,9-10H2,1-2H3,(H,20,26)(H,21,23,25). The van der Waals surface area contributed by atoms with E-state index in [0.29, 0.717) is 29.5 Å². The second kappa shape index (κ2) is 8.77. The normalized spacial score (nSPS) is 10.9. The highest BCUT2D eigenvalue weighted by molar-refractivity contribution is 7.13. The van der Waals surface area contributed by atoms with E-state index in [9.17, 15) is 9.59 Å². The Kier molecular flexibility index (Phi) is 6.18. The minimum atomic E-state index is -0.122. The van der Waals surface area contributed by atoms with Crippen LogP contribution >= 0.6 is 11.3 Å². The zero-order valence-electron chi connectivity index (χ0n) is 15.5. The summed E-state index contributed by atoms with van der Waals surface area (Å²) in [6.07, 6.45) is 4.77. The van der Waals surface area contributed by atoms with E-state index < -0.39 is 0 Å². The average Bonchev–Trinajstić information content (AvgIpc) is 3.19. The summed E-state index contributed by atoms with van der Waals surface area (Å²) < 4.78 is 1.80. The molecule has 0 bridgehead atoms. The lowest BCUT2D eigenvalue weighted by molar-refractivity contribution is -0.116. The van der Waals surface area contributed by atoms with Gasteiger partial charge in [-0.3, -0.25) is 14.0 Å². The molecule has 3 aromatic rings. The first kappa shape index (κ1) is 19.0. The minimum Gasteiger partial charge on any atom is -0.351 e. The summed E-state index contributed by atoms with van der Waals surface area (Å²) >= 11 is 1.43. The first-order valence-electron chi connectivity index (χ1n) is 8.98. The number of nitrogens with one attached hydrogen (secondary N) is 2. The van der Waals surface area contributed by atoms with Gasteiger partial charge in [-0.25, -0.2) is 9.97 Å². The van der Waals surface area contributed by atoms with E-state index in [4.69, 9.17) is 0 Å². The van der Waals surface area contributed by atoms with Gasteiger partial charge in [-0.15, -0.1) is 11.3 Å². The van der Waals surface area contributed by atoms with Crippen molar-refractivity contribution in [2.24, 2.45) is 0 Å². The van der Waals surface area contributed by atoms with Gasteiger partial charge in [0.25, 0.3) is 5.91 Å². The second-order valence-electron chi connectivity index (χ2n) is 6.38. The van der Waals surface area contributed by atoms with E-state index >= 15 is 0 Å². The molecule has 0 unspecified atom stereocenters. The SMILES string of the molecule is Cc1csc(NC(=O)CCCCCNC(=O)c2c(C)nc3ccccn23)n1. The third kappa shape index (κ3) is 4.91. The Hall–Kier alpha value is -2.74. The highest BCUT2D eigenvalue weighted by atomic mass is 32.1. The van der Waals surface area contributed by atoms with E-state index in [2.05, 4.69) is 20.6 Å². The minimum absolute atomic E-state index is 0.0188. The first-order chi connectivity index (χ1) is 13.0. The summed E-state index contributed by atoms with van der Waals surface area (Å²) in [6.45, 7) is 4.31. The lowest BCUT2D eigenvalue weighted by Gasteiger charge is -2.06. The number of carbonyl (C=O) groups is 2. The van der Waals surface area contributed by atoms with Crippen molar-refractivity contribution in [1.82, 2.24) is 19.7 Å². The molecule has 27 heavy (non-hydrogen) atoms. The van der Waals surface area contributed by atoms with Crippen molar-refractivity contribution in [1.29, 1.82) is 0 Å². The van der Waals surface area contributed by atoms with Crippen molar-refractivity contribution in [2.75, 3.05) is 11.9 Å². The molecule has 2 amide bonds. The molecule has 0 saturated heterocycles. The summed E-state index contributed by atoms with van der Waals surface area (Å²) in [6, 6.07) is 5.65. The van der Waals surface area contributed by atoms with Crippen LogP contribution in [0.4, 0.5) is 5.13 Å². The molecule has 0 aliphatic carbocycles. The quantitative estimate of drug-likeness (QED) is 0.582. The molecule has 3 rings (SSSR count). The number of carbonyl (C=O) groups excluding carboxylic acids is 2. The predicted molar refractivity (Wildman–Crippen MR) is 106 cm³/mol. The molecule has 8 heteroatoms. The third-order valence-electron chi connectivity index (χ3n) is 4.15. The molecule has 0 saturated carbocycles. The maximum absolute atomic E-state index is 12.4. The lowest BCUT2D eigenvalue weighted by Crippen LogP contribution is -2.26. The summed E-state index contributed by atoms with van der Waals surface area (Å²) in [5.41, 5.74) is 2.96. The number of aryl methyl sites for hydroxylation is 2. The van der Waals surface area contributed by atoms with E-state index in [1.54, 1.807) is 4.40 Å². The number of rotatable bonds is 8. The number of thiazole rings is 1. The van der Waals surface area contributed by atoms with Gasteiger partial charge in [0.15, 0.2) is 5.13 Å². The molecule has 0 atom stereocenters. The number of fused-ring (bicyclic) bond motifs is 1. The molecule has 7 nitrogen and oxygen atoms in total. The molecule has 0 radical (unpaired) electrons. The van der Waals surface area contributed by atoms with Gasteiger partial charge in [0.05, 0.1) is 11.4 Å². The molecule has 3 aromatic heterocycles. The highest BCUT2D eigenvalue weighted by Gasteiger charge is 2.15. The first-order valence-corrected chi connectivity index (χ1v) is 9.86. The fraction of sp³-hybridized carbons (Fsp3) is 0.368. The van der Waals surface area contributed by atoms with Crippen LogP contribution in [-0.2, 0) is 4.79 Å². The molecule has 0 fully saturated rings. The number of hydrogen-bond donors (Lipinski definition) is 2. The Morgan fingerprint density at radius 1 is 1.15 bits per heavy atom. The van der Waals surface area contributed by atoms with E-state index in [0.717, 1.165) is 30.6 Å². The zero-order chi connectivity index (χ0) is 19.2. The second-order valence-corrected chi connectivity index (χ2v) is 7.24. The van der Waals surface area contributed by atoms with Crippen LogP contribution in [0.25, 0.3) is 5.65 Å². The Labute approximate surface area is 161 Å². The topological polar surface area (TPSA) is 88.4 Å². The number of imidazole rings is 1. The van der Waals surface area contributed by atoms with E-state index in [1.807, 2.05) is 43.6 Å². The molecule has 0 spiro atoms. The van der Waals surface area contributed by atoms with Crippen LogP contribution in [0.1, 0.15) is 47.6 Å². The fourth-order valence-corrected chi connectivity index (χ4v) is 3.56. The van der Waals surface area contributed by atoms with Crippen LogP contribution in [0.5, 0.6) is 0 Å². The molecular weight excluding hydrogens is 362 g/mol. The van der Waals surface area contributed by atoms with Crippen molar-refractivity contribution in [2.45, 2.75) is 39.5 Å². The van der Waals surface area contributed by atoms with Crippen molar-refractivity contribution < 1.29 is 9.59 Å². The van der Waals surface area contributed by atoms with Gasteiger partial charge < -0.3 is 10.6 Å². The zero-order valence-corrected chi connectivity index (χ0v) is 16.3. The number of pyridine rings is 1. The van der Waals surface area contributed by atoms with Crippen LogP contribution in [0.15, 0.2) is 29.8 Å². The number of hydrogen-bond acceptors (Lipinski definition) is 5. The van der Waals surface area contributed by atoms with Gasteiger partial charge in [0.2, 0.25) is 5.91 Å². The van der Waals surface area contributed by atoms with Crippen LogP contribution in [0, 0.1) is 13.8 Å². The smallest absolute Gasteiger partial charge is 0.270 e. The Balaban J connectivity index is 1.37. The Morgan fingerprint density at radius 2 is 2.00 bits per heavy atom.